The summed E-state index contributed by atoms with van der Waals surface area (Å²) in [6.45, 7) is 4.26. The van der Waals surface area contributed by atoms with Gasteiger partial charge >= 0.3 is 0 Å². The molecule has 1 amide bonds. The fraction of sp³-hybridized carbons (Fsp3) is 0.200. The van der Waals surface area contributed by atoms with Crippen LogP contribution in [0.4, 0.5) is 0 Å². The van der Waals surface area contributed by atoms with Gasteiger partial charge in [0.2, 0.25) is 5.91 Å². The van der Waals surface area contributed by atoms with E-state index in [-0.39, 0.29) is 23.9 Å². The Balaban J connectivity index is 1.66. The highest BCUT2D eigenvalue weighted by Crippen LogP contribution is 2.19. The highest BCUT2D eigenvalue weighted by Gasteiger charge is 2.14. The Kier molecular flexibility index (Phi) is 5.17. The number of pyridine rings is 1. The minimum absolute atomic E-state index is 0.00256. The molecular weight excluding hydrogens is 360 g/mol. The number of amides is 1. The summed E-state index contributed by atoms with van der Waals surface area (Å²) in [6, 6.07) is 23.1. The number of hydrogen-bond donors (Lipinski definition) is 1. The molecule has 4 rings (SSSR count). The molecule has 1 heterocycles. The zero-order chi connectivity index (χ0) is 20.4. The molecule has 0 bridgehead atoms. The zero-order valence-electron chi connectivity index (χ0n) is 16.7. The van der Waals surface area contributed by atoms with E-state index >= 15 is 0 Å². The first-order chi connectivity index (χ1) is 14.1. The maximum atomic E-state index is 12.9. The molecule has 4 nitrogen and oxygen atoms in total. The van der Waals surface area contributed by atoms with E-state index in [1.807, 2.05) is 60.0 Å². The Labute approximate surface area is 169 Å². The standard InChI is InChI=1S/C25H24N2O2/c1-3-18-12-14-19(15-13-18)17(2)26-24(28)16-27-22-10-6-4-8-20(22)25(29)21-9-5-7-11-23(21)27/h4-15,17H,3,16H2,1-2H3,(H,26,28). The van der Waals surface area contributed by atoms with Gasteiger partial charge in [-0.2, -0.15) is 0 Å². The second-order valence-corrected chi connectivity index (χ2v) is 7.33. The smallest absolute Gasteiger partial charge is 0.240 e. The van der Waals surface area contributed by atoms with E-state index in [4.69, 9.17) is 0 Å². The Bertz CT molecular complexity index is 1180. The van der Waals surface area contributed by atoms with Crippen LogP contribution in [0, 0.1) is 0 Å². The van der Waals surface area contributed by atoms with Gasteiger partial charge in [-0.05, 0) is 48.7 Å². The van der Waals surface area contributed by atoms with E-state index in [1.54, 1.807) is 0 Å². The number of carbonyl (C=O) groups is 1. The van der Waals surface area contributed by atoms with Crippen LogP contribution in [0.15, 0.2) is 77.6 Å². The van der Waals surface area contributed by atoms with Gasteiger partial charge in [-0.3, -0.25) is 9.59 Å². The van der Waals surface area contributed by atoms with Gasteiger partial charge in [-0.1, -0.05) is 55.5 Å². The molecular formula is C25H24N2O2. The number of nitrogens with zero attached hydrogens (tertiary/aromatic N) is 1. The number of aryl methyl sites for hydroxylation is 1. The summed E-state index contributed by atoms with van der Waals surface area (Å²) in [6.07, 6.45) is 0.994. The number of nitrogens with one attached hydrogen (secondary N) is 1. The van der Waals surface area contributed by atoms with E-state index < -0.39 is 0 Å². The molecule has 29 heavy (non-hydrogen) atoms. The minimum atomic E-state index is -0.0923. The van der Waals surface area contributed by atoms with Crippen LogP contribution >= 0.6 is 0 Å². The van der Waals surface area contributed by atoms with Crippen LogP contribution < -0.4 is 10.7 Å². The first kappa shape index (κ1) is 18.9. The lowest BCUT2D eigenvalue weighted by Crippen LogP contribution is -2.30. The Morgan fingerprint density at radius 2 is 1.45 bits per heavy atom. The molecule has 0 saturated carbocycles. The predicted octanol–water partition coefficient (Wildman–Crippen LogP) is 4.59. The van der Waals surface area contributed by atoms with Crippen molar-refractivity contribution in [3.8, 4) is 0 Å². The number of carbonyl (C=O) groups excluding carboxylic acids is 1. The molecule has 1 N–H and O–H groups in total. The van der Waals surface area contributed by atoms with Gasteiger partial charge in [-0.25, -0.2) is 0 Å². The zero-order valence-corrected chi connectivity index (χ0v) is 16.7. The van der Waals surface area contributed by atoms with Crippen molar-refractivity contribution in [1.29, 1.82) is 0 Å². The molecule has 1 aromatic heterocycles. The summed E-state index contributed by atoms with van der Waals surface area (Å²) in [5.74, 6) is -0.0870. The molecule has 0 aliphatic heterocycles. The van der Waals surface area contributed by atoms with Crippen LogP contribution in [0.5, 0.6) is 0 Å². The monoisotopic (exact) mass is 384 g/mol. The van der Waals surface area contributed by atoms with Crippen molar-refractivity contribution in [2.75, 3.05) is 0 Å². The van der Waals surface area contributed by atoms with Crippen LogP contribution in [-0.2, 0) is 17.8 Å². The molecule has 4 aromatic rings. The average Bonchev–Trinajstić information content (AvgIpc) is 2.76. The lowest BCUT2D eigenvalue weighted by atomic mass is 10.0. The van der Waals surface area contributed by atoms with Gasteiger partial charge < -0.3 is 9.88 Å². The number of fused-ring (bicyclic) bond motifs is 2. The third kappa shape index (κ3) is 3.66. The Morgan fingerprint density at radius 3 is 2.00 bits per heavy atom. The topological polar surface area (TPSA) is 51.1 Å². The number of hydrogen-bond acceptors (Lipinski definition) is 2. The first-order valence-corrected chi connectivity index (χ1v) is 9.97. The maximum absolute atomic E-state index is 12.9. The summed E-state index contributed by atoms with van der Waals surface area (Å²) < 4.78 is 1.92. The average molecular weight is 384 g/mol. The number of rotatable bonds is 5. The Morgan fingerprint density at radius 1 is 0.897 bits per heavy atom. The van der Waals surface area contributed by atoms with Crippen molar-refractivity contribution in [3.63, 3.8) is 0 Å². The number of para-hydroxylation sites is 2. The van der Waals surface area contributed by atoms with E-state index in [1.165, 1.54) is 5.56 Å². The fourth-order valence-electron chi connectivity index (χ4n) is 3.80. The number of benzene rings is 3. The van der Waals surface area contributed by atoms with Crippen LogP contribution in [-0.4, -0.2) is 10.5 Å². The molecule has 146 valence electrons. The third-order valence-corrected chi connectivity index (χ3v) is 5.45. The molecule has 0 fully saturated rings. The van der Waals surface area contributed by atoms with Crippen LogP contribution in [0.1, 0.15) is 31.0 Å². The van der Waals surface area contributed by atoms with Gasteiger partial charge in [0.05, 0.1) is 17.1 Å². The highest BCUT2D eigenvalue weighted by molar-refractivity contribution is 5.94. The van der Waals surface area contributed by atoms with Gasteiger partial charge in [0.1, 0.15) is 6.54 Å². The summed E-state index contributed by atoms with van der Waals surface area (Å²) in [4.78, 5) is 25.7. The molecule has 0 aliphatic carbocycles. The molecule has 0 saturated heterocycles. The lowest BCUT2D eigenvalue weighted by Gasteiger charge is -2.18. The van der Waals surface area contributed by atoms with Crippen molar-refractivity contribution >= 4 is 27.7 Å². The minimum Gasteiger partial charge on any atom is -0.348 e. The van der Waals surface area contributed by atoms with Crippen LogP contribution in [0.2, 0.25) is 0 Å². The van der Waals surface area contributed by atoms with Crippen LogP contribution in [0.3, 0.4) is 0 Å². The van der Waals surface area contributed by atoms with Crippen molar-refractivity contribution < 1.29 is 4.79 Å². The molecule has 0 radical (unpaired) electrons. The predicted molar refractivity (Wildman–Crippen MR) is 118 cm³/mol. The van der Waals surface area contributed by atoms with E-state index in [2.05, 4.69) is 36.5 Å². The second-order valence-electron chi connectivity index (χ2n) is 7.33. The fourth-order valence-corrected chi connectivity index (χ4v) is 3.80. The van der Waals surface area contributed by atoms with Gasteiger partial charge in [-0.15, -0.1) is 0 Å². The van der Waals surface area contributed by atoms with E-state index in [0.717, 1.165) is 23.0 Å². The lowest BCUT2D eigenvalue weighted by molar-refractivity contribution is -0.122. The van der Waals surface area contributed by atoms with E-state index in [0.29, 0.717) is 10.8 Å². The Hall–Kier alpha value is -3.40. The SMILES string of the molecule is CCc1ccc(C(C)NC(=O)Cn2c3ccccc3c(=O)c3ccccc32)cc1. The largest absolute Gasteiger partial charge is 0.348 e. The molecule has 4 heteroatoms. The van der Waals surface area contributed by atoms with Gasteiger partial charge in [0.25, 0.3) is 0 Å². The molecule has 0 aliphatic rings. The van der Waals surface area contributed by atoms with E-state index in [9.17, 15) is 9.59 Å². The molecule has 1 unspecified atom stereocenters. The van der Waals surface area contributed by atoms with Gasteiger partial charge in [0.15, 0.2) is 5.43 Å². The summed E-state index contributed by atoms with van der Waals surface area (Å²) in [5.41, 5.74) is 3.89. The van der Waals surface area contributed by atoms with Gasteiger partial charge in [0, 0.05) is 10.8 Å². The third-order valence-electron chi connectivity index (χ3n) is 5.45. The van der Waals surface area contributed by atoms with Crippen molar-refractivity contribution in [2.24, 2.45) is 0 Å². The quantitative estimate of drug-likeness (QED) is 0.512. The molecule has 1 atom stereocenters. The van der Waals surface area contributed by atoms with Crippen molar-refractivity contribution in [1.82, 2.24) is 9.88 Å². The van der Waals surface area contributed by atoms with Crippen LogP contribution in [0.25, 0.3) is 21.8 Å². The normalized spacial score (nSPS) is 12.2. The van der Waals surface area contributed by atoms with Crippen molar-refractivity contribution in [3.05, 3.63) is 94.1 Å². The molecule has 3 aromatic carbocycles. The summed E-state index contributed by atoms with van der Waals surface area (Å²) >= 11 is 0. The summed E-state index contributed by atoms with van der Waals surface area (Å²) in [5, 5.41) is 4.34. The maximum Gasteiger partial charge on any atom is 0.240 e. The second kappa shape index (κ2) is 7.92. The first-order valence-electron chi connectivity index (χ1n) is 9.97. The van der Waals surface area contributed by atoms with Crippen molar-refractivity contribution in [2.45, 2.75) is 32.9 Å². The number of aromatic nitrogens is 1. The summed E-state index contributed by atoms with van der Waals surface area (Å²) in [7, 11) is 0. The highest BCUT2D eigenvalue weighted by atomic mass is 16.2. The molecule has 0 spiro atoms.